The molecule has 0 aliphatic carbocycles. The zero-order chi connectivity index (χ0) is 17.3. The lowest BCUT2D eigenvalue weighted by Gasteiger charge is -2.22. The van der Waals surface area contributed by atoms with Gasteiger partial charge in [0.2, 0.25) is 5.91 Å². The third-order valence-corrected chi connectivity index (χ3v) is 2.57. The Balaban J connectivity index is 4.31. The maximum absolute atomic E-state index is 11.9. The van der Waals surface area contributed by atoms with Gasteiger partial charge in [0.25, 0.3) is 0 Å². The van der Waals surface area contributed by atoms with E-state index in [-0.39, 0.29) is 6.61 Å². The molecule has 0 aromatic heterocycles. The molecule has 0 rings (SSSR count). The van der Waals surface area contributed by atoms with E-state index in [1.54, 1.807) is 20.8 Å². The van der Waals surface area contributed by atoms with Crippen molar-refractivity contribution in [1.82, 2.24) is 10.6 Å². The van der Waals surface area contributed by atoms with Crippen LogP contribution in [0.3, 0.4) is 0 Å². The third kappa shape index (κ3) is 9.44. The fourth-order valence-corrected chi connectivity index (χ4v) is 1.36. The number of carbonyl (C=O) groups excluding carboxylic acids is 3. The van der Waals surface area contributed by atoms with Crippen LogP contribution in [-0.2, 0) is 19.1 Å². The van der Waals surface area contributed by atoms with E-state index in [1.165, 1.54) is 13.8 Å². The molecule has 7 nitrogen and oxygen atoms in total. The van der Waals surface area contributed by atoms with Crippen molar-refractivity contribution >= 4 is 40.6 Å². The number of hydrogen-bond donors (Lipinski definition) is 2. The van der Waals surface area contributed by atoms with Crippen molar-refractivity contribution in [3.05, 3.63) is 0 Å². The molecule has 8 heteroatoms. The van der Waals surface area contributed by atoms with Gasteiger partial charge in [0.05, 0.1) is 0 Å². The Morgan fingerprint density at radius 1 is 1.14 bits per heavy atom. The Labute approximate surface area is 144 Å². The molecule has 124 valence electrons. The SMILES string of the molecule is C[C@H](NC(=O)OC(C)(C)C)C(=O)N[C@@H](C)C(=O)OCC#CI. The largest absolute Gasteiger partial charge is 0.451 e. The quantitative estimate of drug-likeness (QED) is 0.395. The zero-order valence-corrected chi connectivity index (χ0v) is 15.4. The molecular formula is C14H21IN2O5. The van der Waals surface area contributed by atoms with Gasteiger partial charge in [-0.05, 0) is 38.5 Å². The average molecular weight is 424 g/mol. The number of nitrogens with one attached hydrogen (secondary N) is 2. The standard InChI is InChI=1S/C14H21IN2O5/c1-9(17-13(20)22-14(3,4)5)11(18)16-10(2)12(19)21-8-6-7-15/h9-10H,8H2,1-5H3,(H,16,18)(H,17,20)/t9-,10-/m0/s1. The lowest BCUT2D eigenvalue weighted by Crippen LogP contribution is -2.50. The minimum Gasteiger partial charge on any atom is -0.451 e. The summed E-state index contributed by atoms with van der Waals surface area (Å²) in [6, 6.07) is -1.69. The van der Waals surface area contributed by atoms with E-state index in [2.05, 4.69) is 20.5 Å². The monoisotopic (exact) mass is 424 g/mol. The van der Waals surface area contributed by atoms with Gasteiger partial charge in [0.15, 0.2) is 6.61 Å². The van der Waals surface area contributed by atoms with Gasteiger partial charge in [-0.2, -0.15) is 0 Å². The summed E-state index contributed by atoms with van der Waals surface area (Å²) in [6.07, 6.45) is -0.706. The van der Waals surface area contributed by atoms with Crippen molar-refractivity contribution in [2.45, 2.75) is 52.3 Å². The molecule has 0 radical (unpaired) electrons. The number of halogens is 1. The number of hydrogen-bond acceptors (Lipinski definition) is 5. The zero-order valence-electron chi connectivity index (χ0n) is 13.3. The Bertz CT molecular complexity index is 476. The summed E-state index contributed by atoms with van der Waals surface area (Å²) in [6.45, 7) is 8.08. The third-order valence-electron chi connectivity index (χ3n) is 2.19. The van der Waals surface area contributed by atoms with Gasteiger partial charge in [0, 0.05) is 22.6 Å². The van der Waals surface area contributed by atoms with E-state index in [0.29, 0.717) is 0 Å². The Hall–Kier alpha value is -1.50. The molecular weight excluding hydrogens is 403 g/mol. The summed E-state index contributed by atoms with van der Waals surface area (Å²) in [5.74, 6) is 1.45. The van der Waals surface area contributed by atoms with Crippen molar-refractivity contribution in [2.24, 2.45) is 0 Å². The number of esters is 1. The molecule has 0 aliphatic rings. The maximum Gasteiger partial charge on any atom is 0.408 e. The summed E-state index contributed by atoms with van der Waals surface area (Å²) >= 11 is 1.83. The molecule has 0 spiro atoms. The van der Waals surface area contributed by atoms with E-state index >= 15 is 0 Å². The lowest BCUT2D eigenvalue weighted by atomic mass is 10.2. The summed E-state index contributed by atoms with van der Waals surface area (Å²) < 4.78 is 12.4. The second-order valence-corrected chi connectivity index (χ2v) is 6.02. The van der Waals surface area contributed by atoms with Crippen molar-refractivity contribution in [3.63, 3.8) is 0 Å². The van der Waals surface area contributed by atoms with Gasteiger partial charge in [-0.3, -0.25) is 4.79 Å². The molecule has 2 atom stereocenters. The number of alkyl carbamates (subject to hydrolysis) is 1. The van der Waals surface area contributed by atoms with Crippen LogP contribution in [0.5, 0.6) is 0 Å². The van der Waals surface area contributed by atoms with Crippen LogP contribution in [0.15, 0.2) is 0 Å². The molecule has 2 N–H and O–H groups in total. The van der Waals surface area contributed by atoms with Gasteiger partial charge in [-0.25, -0.2) is 9.59 Å². The Kier molecular flexibility index (Phi) is 8.86. The first-order chi connectivity index (χ1) is 10.1. The van der Waals surface area contributed by atoms with Crippen molar-refractivity contribution in [1.29, 1.82) is 0 Å². The fourth-order valence-electron chi connectivity index (χ4n) is 1.21. The lowest BCUT2D eigenvalue weighted by molar-refractivity contribution is -0.146. The second-order valence-electron chi connectivity index (χ2n) is 5.48. The number of rotatable bonds is 5. The van der Waals surface area contributed by atoms with Crippen molar-refractivity contribution < 1.29 is 23.9 Å². The summed E-state index contributed by atoms with van der Waals surface area (Å²) in [4.78, 5) is 35.0. The molecule has 22 heavy (non-hydrogen) atoms. The van der Waals surface area contributed by atoms with Gasteiger partial charge >= 0.3 is 12.1 Å². The molecule has 0 saturated carbocycles. The van der Waals surface area contributed by atoms with E-state index in [9.17, 15) is 14.4 Å². The molecule has 0 fully saturated rings. The predicted molar refractivity (Wildman–Crippen MR) is 89.2 cm³/mol. The highest BCUT2D eigenvalue weighted by Gasteiger charge is 2.24. The molecule has 0 bridgehead atoms. The van der Waals surface area contributed by atoms with E-state index in [4.69, 9.17) is 9.47 Å². The van der Waals surface area contributed by atoms with Crippen LogP contribution >= 0.6 is 22.6 Å². The molecule has 0 heterocycles. The molecule has 0 unspecified atom stereocenters. The first-order valence-electron chi connectivity index (χ1n) is 6.62. The Morgan fingerprint density at radius 3 is 2.23 bits per heavy atom. The van der Waals surface area contributed by atoms with Crippen molar-refractivity contribution in [3.8, 4) is 9.85 Å². The van der Waals surface area contributed by atoms with Crippen LogP contribution in [0.25, 0.3) is 0 Å². The van der Waals surface area contributed by atoms with Gasteiger partial charge in [0.1, 0.15) is 17.7 Å². The molecule has 0 aliphatic heterocycles. The first-order valence-corrected chi connectivity index (χ1v) is 7.69. The average Bonchev–Trinajstić information content (AvgIpc) is 2.36. The van der Waals surface area contributed by atoms with E-state index in [0.717, 1.165) is 0 Å². The number of ether oxygens (including phenoxy) is 2. The highest BCUT2D eigenvalue weighted by atomic mass is 127. The van der Waals surface area contributed by atoms with Crippen LogP contribution < -0.4 is 10.6 Å². The van der Waals surface area contributed by atoms with Crippen LogP contribution in [0.2, 0.25) is 0 Å². The van der Waals surface area contributed by atoms with Crippen LogP contribution in [0, 0.1) is 9.85 Å². The fraction of sp³-hybridized carbons (Fsp3) is 0.643. The maximum atomic E-state index is 11.9. The van der Waals surface area contributed by atoms with Gasteiger partial charge in [-0.1, -0.05) is 5.92 Å². The highest BCUT2D eigenvalue weighted by Crippen LogP contribution is 2.06. The summed E-state index contributed by atoms with van der Waals surface area (Å²) in [7, 11) is 0. The summed E-state index contributed by atoms with van der Waals surface area (Å²) in [5.41, 5.74) is -0.656. The van der Waals surface area contributed by atoms with Crippen LogP contribution in [-0.4, -0.2) is 42.3 Å². The van der Waals surface area contributed by atoms with Gasteiger partial charge < -0.3 is 20.1 Å². The normalized spacial score (nSPS) is 13.0. The second kappa shape index (κ2) is 9.50. The summed E-state index contributed by atoms with van der Waals surface area (Å²) in [5, 5.41) is 4.82. The van der Waals surface area contributed by atoms with Crippen LogP contribution in [0.1, 0.15) is 34.6 Å². The Morgan fingerprint density at radius 2 is 1.73 bits per heavy atom. The van der Waals surface area contributed by atoms with Crippen LogP contribution in [0.4, 0.5) is 4.79 Å². The molecule has 0 saturated heterocycles. The van der Waals surface area contributed by atoms with E-state index in [1.807, 2.05) is 22.6 Å². The van der Waals surface area contributed by atoms with Gasteiger partial charge in [-0.15, -0.1) is 0 Å². The first kappa shape index (κ1) is 20.5. The predicted octanol–water partition coefficient (Wildman–Crippen LogP) is 1.34. The number of carbonyl (C=O) groups is 3. The molecule has 0 aromatic rings. The smallest absolute Gasteiger partial charge is 0.408 e. The molecule has 2 amide bonds. The number of amides is 2. The minimum atomic E-state index is -0.848. The minimum absolute atomic E-state index is 0.0340. The van der Waals surface area contributed by atoms with Crippen molar-refractivity contribution in [2.75, 3.05) is 6.61 Å². The topological polar surface area (TPSA) is 93.7 Å². The highest BCUT2D eigenvalue weighted by molar-refractivity contribution is 14.1. The van der Waals surface area contributed by atoms with E-state index < -0.39 is 35.7 Å². The molecule has 0 aromatic carbocycles.